The second-order valence-electron chi connectivity index (χ2n) is 7.97. The van der Waals surface area contributed by atoms with Crippen molar-refractivity contribution in [1.29, 1.82) is 0 Å². The number of fused-ring (bicyclic) bond motifs is 1. The van der Waals surface area contributed by atoms with Crippen LogP contribution in [0.4, 0.5) is 24.5 Å². The van der Waals surface area contributed by atoms with Gasteiger partial charge in [0.05, 0.1) is 17.1 Å². The quantitative estimate of drug-likeness (QED) is 0.594. The molecule has 3 aromatic rings. The maximum Gasteiger partial charge on any atom is 0.266 e. The van der Waals surface area contributed by atoms with E-state index in [9.17, 15) is 18.0 Å². The third-order valence-electron chi connectivity index (χ3n) is 5.95. The minimum atomic E-state index is -2.87. The Balaban J connectivity index is 1.60. The van der Waals surface area contributed by atoms with E-state index in [1.807, 2.05) is 23.1 Å². The molecule has 168 valence electrons. The van der Waals surface area contributed by atoms with Crippen molar-refractivity contribution < 1.29 is 18.0 Å². The summed E-state index contributed by atoms with van der Waals surface area (Å²) in [6.45, 7) is 6.12. The van der Waals surface area contributed by atoms with Crippen molar-refractivity contribution in [3.05, 3.63) is 65.6 Å². The van der Waals surface area contributed by atoms with Crippen LogP contribution in [0, 0.1) is 5.82 Å². The third-order valence-corrected chi connectivity index (χ3v) is 5.95. The number of pyridine rings is 1. The minimum absolute atomic E-state index is 0.0796. The zero-order valence-electron chi connectivity index (χ0n) is 18.0. The van der Waals surface area contributed by atoms with E-state index in [1.54, 1.807) is 26.1 Å². The van der Waals surface area contributed by atoms with Crippen molar-refractivity contribution in [3.63, 3.8) is 0 Å². The number of hydrogen-bond acceptors (Lipinski definition) is 4. The van der Waals surface area contributed by atoms with E-state index in [4.69, 9.17) is 0 Å². The Hall–Kier alpha value is -3.29. The minimum Gasteiger partial charge on any atom is -0.378 e. The van der Waals surface area contributed by atoms with Gasteiger partial charge in [0, 0.05) is 61.6 Å². The molecule has 1 fully saturated rings. The van der Waals surface area contributed by atoms with E-state index in [2.05, 4.69) is 15.2 Å². The molecular formula is C24H25F3N4O. The highest BCUT2D eigenvalue weighted by molar-refractivity contribution is 5.93. The molecule has 0 spiro atoms. The topological polar surface area (TPSA) is 48.5 Å². The third kappa shape index (κ3) is 4.35. The maximum atomic E-state index is 14.6. The zero-order valence-corrected chi connectivity index (χ0v) is 18.0. The largest absolute Gasteiger partial charge is 0.378 e. The zero-order chi connectivity index (χ0) is 22.8. The van der Waals surface area contributed by atoms with Gasteiger partial charge in [-0.2, -0.15) is 0 Å². The van der Waals surface area contributed by atoms with Crippen LogP contribution in [0.1, 0.15) is 37.4 Å². The molecule has 5 nitrogen and oxygen atoms in total. The Morgan fingerprint density at radius 3 is 2.47 bits per heavy atom. The lowest BCUT2D eigenvalue weighted by atomic mass is 10.0. The van der Waals surface area contributed by atoms with Crippen molar-refractivity contribution in [2.24, 2.45) is 0 Å². The van der Waals surface area contributed by atoms with Gasteiger partial charge < -0.3 is 15.1 Å². The Morgan fingerprint density at radius 2 is 1.78 bits per heavy atom. The molecule has 1 N–H and O–H groups in total. The molecule has 2 aromatic carbocycles. The molecule has 32 heavy (non-hydrogen) atoms. The molecule has 4 rings (SSSR count). The van der Waals surface area contributed by atoms with Crippen LogP contribution in [0.15, 0.2) is 48.7 Å². The summed E-state index contributed by atoms with van der Waals surface area (Å²) in [6.07, 6.45) is -1.20. The fourth-order valence-corrected chi connectivity index (χ4v) is 4.12. The lowest BCUT2D eigenvalue weighted by Crippen LogP contribution is -2.48. The van der Waals surface area contributed by atoms with Gasteiger partial charge in [0.2, 0.25) is 5.91 Å². The van der Waals surface area contributed by atoms with Gasteiger partial charge in [0.25, 0.3) is 6.43 Å². The van der Waals surface area contributed by atoms with Crippen molar-refractivity contribution in [1.82, 2.24) is 9.88 Å². The van der Waals surface area contributed by atoms with E-state index in [0.717, 1.165) is 41.4 Å². The predicted octanol–water partition coefficient (Wildman–Crippen LogP) is 5.15. The van der Waals surface area contributed by atoms with Crippen LogP contribution in [-0.2, 0) is 4.79 Å². The van der Waals surface area contributed by atoms with Crippen LogP contribution in [0.2, 0.25) is 0 Å². The number of carbonyl (C=O) groups is 1. The first-order valence-electron chi connectivity index (χ1n) is 10.6. The predicted molar refractivity (Wildman–Crippen MR) is 120 cm³/mol. The molecule has 0 radical (unpaired) electrons. The number of amides is 1. The van der Waals surface area contributed by atoms with E-state index < -0.39 is 23.8 Å². The van der Waals surface area contributed by atoms with E-state index in [0.29, 0.717) is 13.1 Å². The number of benzene rings is 2. The van der Waals surface area contributed by atoms with Gasteiger partial charge in [-0.15, -0.1) is 0 Å². The van der Waals surface area contributed by atoms with Crippen molar-refractivity contribution in [3.8, 4) is 0 Å². The SMILES string of the molecule is CC(=O)N1CCN(c2ccc3nccc(N[C@H](C)c4cccc(C(F)F)c4F)c3c2)CC1. The summed E-state index contributed by atoms with van der Waals surface area (Å²) in [5.74, 6) is -0.805. The first kappa shape index (κ1) is 21.9. The second kappa shape index (κ2) is 9.06. The smallest absolute Gasteiger partial charge is 0.266 e. The number of halogens is 3. The average Bonchev–Trinajstić information content (AvgIpc) is 2.79. The number of carbonyl (C=O) groups excluding carboxylic acids is 1. The summed E-state index contributed by atoms with van der Waals surface area (Å²) in [7, 11) is 0. The monoisotopic (exact) mass is 442 g/mol. The highest BCUT2D eigenvalue weighted by atomic mass is 19.3. The van der Waals surface area contributed by atoms with Gasteiger partial charge in [-0.1, -0.05) is 18.2 Å². The maximum absolute atomic E-state index is 14.6. The summed E-state index contributed by atoms with van der Waals surface area (Å²) >= 11 is 0. The van der Waals surface area contributed by atoms with Gasteiger partial charge in [-0.05, 0) is 31.2 Å². The van der Waals surface area contributed by atoms with Gasteiger partial charge in [-0.3, -0.25) is 9.78 Å². The lowest BCUT2D eigenvalue weighted by Gasteiger charge is -2.35. The first-order chi connectivity index (χ1) is 15.3. The number of alkyl halides is 2. The summed E-state index contributed by atoms with van der Waals surface area (Å²) in [5, 5.41) is 4.12. The molecule has 0 bridgehead atoms. The Kier molecular flexibility index (Phi) is 6.21. The molecule has 2 heterocycles. The van der Waals surface area contributed by atoms with Crippen LogP contribution < -0.4 is 10.2 Å². The molecule has 1 amide bonds. The Bertz CT molecular complexity index is 1130. The number of hydrogen-bond donors (Lipinski definition) is 1. The molecule has 1 aliphatic rings. The van der Waals surface area contributed by atoms with Crippen LogP contribution in [0.3, 0.4) is 0 Å². The molecule has 1 aliphatic heterocycles. The first-order valence-corrected chi connectivity index (χ1v) is 10.6. The van der Waals surface area contributed by atoms with Crippen LogP contribution in [-0.4, -0.2) is 42.0 Å². The summed E-state index contributed by atoms with van der Waals surface area (Å²) in [4.78, 5) is 20.0. The highest BCUT2D eigenvalue weighted by Crippen LogP contribution is 2.32. The number of nitrogens with zero attached hydrogens (tertiary/aromatic N) is 3. The highest BCUT2D eigenvalue weighted by Gasteiger charge is 2.21. The molecule has 0 unspecified atom stereocenters. The lowest BCUT2D eigenvalue weighted by molar-refractivity contribution is -0.129. The molecule has 1 atom stereocenters. The van der Waals surface area contributed by atoms with Gasteiger partial charge in [0.15, 0.2) is 0 Å². The average molecular weight is 442 g/mol. The van der Waals surface area contributed by atoms with Gasteiger partial charge in [0.1, 0.15) is 5.82 Å². The van der Waals surface area contributed by atoms with Gasteiger partial charge >= 0.3 is 0 Å². The standard InChI is InChI=1S/C24H25F3N4O/c1-15(18-4-3-5-19(23(18)25)24(26)27)29-22-8-9-28-21-7-6-17(14-20(21)22)31-12-10-30(11-13-31)16(2)32/h3-9,14-15,24H,10-13H2,1-2H3,(H,28,29)/t15-/m1/s1. The van der Waals surface area contributed by atoms with E-state index >= 15 is 0 Å². The van der Waals surface area contributed by atoms with E-state index in [-0.39, 0.29) is 11.5 Å². The number of anilines is 2. The van der Waals surface area contributed by atoms with Crippen molar-refractivity contribution >= 4 is 28.2 Å². The Morgan fingerprint density at radius 1 is 1.06 bits per heavy atom. The summed E-state index contributed by atoms with van der Waals surface area (Å²) in [5.41, 5.74) is 2.12. The molecule has 1 saturated heterocycles. The van der Waals surface area contributed by atoms with E-state index in [1.165, 1.54) is 12.1 Å². The number of nitrogens with one attached hydrogen (secondary N) is 1. The van der Waals surface area contributed by atoms with Crippen LogP contribution in [0.25, 0.3) is 10.9 Å². The van der Waals surface area contributed by atoms with Crippen LogP contribution in [0.5, 0.6) is 0 Å². The summed E-state index contributed by atoms with van der Waals surface area (Å²) < 4.78 is 40.8. The molecule has 0 saturated carbocycles. The molecular weight excluding hydrogens is 417 g/mol. The molecule has 0 aliphatic carbocycles. The van der Waals surface area contributed by atoms with Crippen LogP contribution >= 0.6 is 0 Å². The van der Waals surface area contributed by atoms with Crippen molar-refractivity contribution in [2.45, 2.75) is 26.3 Å². The normalized spacial score (nSPS) is 15.3. The second-order valence-corrected chi connectivity index (χ2v) is 7.97. The van der Waals surface area contributed by atoms with Crippen molar-refractivity contribution in [2.75, 3.05) is 36.4 Å². The summed E-state index contributed by atoms with van der Waals surface area (Å²) in [6, 6.07) is 11.3. The Labute approximate surface area is 184 Å². The number of aromatic nitrogens is 1. The fraction of sp³-hybridized carbons (Fsp3) is 0.333. The fourth-order valence-electron chi connectivity index (χ4n) is 4.12. The molecule has 8 heteroatoms. The van der Waals surface area contributed by atoms with Gasteiger partial charge in [-0.25, -0.2) is 13.2 Å². The number of rotatable bonds is 5. The number of piperazine rings is 1. The molecule has 1 aromatic heterocycles.